The number of hydrazine groups is 1. The molecule has 0 aliphatic carbocycles. The number of nitrogen functional groups attached to an aromatic ring is 2. The van der Waals surface area contributed by atoms with E-state index in [1.54, 1.807) is 14.2 Å². The zero-order valence-electron chi connectivity index (χ0n) is 19.4. The van der Waals surface area contributed by atoms with Gasteiger partial charge in [0.25, 0.3) is 0 Å². The molecule has 2 aliphatic heterocycles. The molecule has 0 atom stereocenters. The zero-order chi connectivity index (χ0) is 23.7. The van der Waals surface area contributed by atoms with Crippen LogP contribution in [0.15, 0.2) is 42.5 Å². The summed E-state index contributed by atoms with van der Waals surface area (Å²) in [6, 6.07) is 14.2. The first-order valence-electron chi connectivity index (χ1n) is 11.2. The van der Waals surface area contributed by atoms with Gasteiger partial charge in [-0.2, -0.15) is 9.97 Å². The summed E-state index contributed by atoms with van der Waals surface area (Å²) in [5.74, 6) is 2.79. The van der Waals surface area contributed by atoms with Gasteiger partial charge in [-0.1, -0.05) is 12.1 Å². The largest absolute Gasteiger partial charge is 0.497 e. The van der Waals surface area contributed by atoms with Gasteiger partial charge >= 0.3 is 0 Å². The highest BCUT2D eigenvalue weighted by atomic mass is 16.5. The molecule has 178 valence electrons. The van der Waals surface area contributed by atoms with Gasteiger partial charge in [-0.05, 0) is 29.8 Å². The molecule has 4 N–H and O–H groups in total. The number of aromatic nitrogens is 2. The number of anilines is 5. The average Bonchev–Trinajstić information content (AvgIpc) is 3.22. The number of hydrogen-bond donors (Lipinski definition) is 2. The number of benzene rings is 2. The molecule has 2 aliphatic rings. The molecular formula is C24H29N7O3. The van der Waals surface area contributed by atoms with E-state index < -0.39 is 0 Å². The predicted molar refractivity (Wildman–Crippen MR) is 132 cm³/mol. The molecule has 10 heteroatoms. The van der Waals surface area contributed by atoms with Crippen LogP contribution in [0.5, 0.6) is 11.5 Å². The lowest BCUT2D eigenvalue weighted by atomic mass is 10.2. The maximum absolute atomic E-state index is 6.25. The number of nitrogens with two attached hydrogens (primary N) is 2. The second-order valence-electron chi connectivity index (χ2n) is 8.19. The third-order valence-corrected chi connectivity index (χ3v) is 6.19. The molecule has 34 heavy (non-hydrogen) atoms. The summed E-state index contributed by atoms with van der Waals surface area (Å²) in [6.07, 6.45) is 0. The van der Waals surface area contributed by atoms with E-state index in [1.165, 1.54) is 0 Å². The molecule has 0 unspecified atom stereocenters. The number of hydrogen-bond acceptors (Lipinski definition) is 10. The summed E-state index contributed by atoms with van der Waals surface area (Å²) in [6.45, 7) is 4.21. The van der Waals surface area contributed by atoms with Crippen molar-refractivity contribution in [1.29, 1.82) is 0 Å². The molecule has 0 amide bonds. The van der Waals surface area contributed by atoms with Crippen molar-refractivity contribution in [2.45, 2.75) is 13.1 Å². The highest BCUT2D eigenvalue weighted by molar-refractivity contribution is 5.74. The second-order valence-corrected chi connectivity index (χ2v) is 8.19. The minimum absolute atomic E-state index is 0.146. The van der Waals surface area contributed by atoms with Gasteiger partial charge in [0.15, 0.2) is 5.82 Å². The van der Waals surface area contributed by atoms with E-state index in [9.17, 15) is 0 Å². The van der Waals surface area contributed by atoms with E-state index in [2.05, 4.69) is 43.1 Å². The van der Waals surface area contributed by atoms with Crippen LogP contribution in [0.4, 0.5) is 29.0 Å². The first kappa shape index (κ1) is 21.9. The highest BCUT2D eigenvalue weighted by Crippen LogP contribution is 2.42. The Morgan fingerprint density at radius 3 is 2.44 bits per heavy atom. The van der Waals surface area contributed by atoms with Crippen molar-refractivity contribution >= 4 is 29.0 Å². The molecule has 3 heterocycles. The van der Waals surface area contributed by atoms with Crippen LogP contribution in [0.3, 0.4) is 0 Å². The lowest BCUT2D eigenvalue weighted by molar-refractivity contribution is 0.122. The maximum atomic E-state index is 6.25. The molecule has 0 radical (unpaired) electrons. The van der Waals surface area contributed by atoms with Crippen molar-refractivity contribution < 1.29 is 14.2 Å². The first-order chi connectivity index (χ1) is 16.6. The average molecular weight is 464 g/mol. The molecule has 1 saturated heterocycles. The Hall–Kier alpha value is -3.92. The van der Waals surface area contributed by atoms with Crippen LogP contribution in [0.2, 0.25) is 0 Å². The predicted octanol–water partition coefficient (Wildman–Crippen LogP) is 2.44. The van der Waals surface area contributed by atoms with Gasteiger partial charge in [-0.15, -0.1) is 0 Å². The normalized spacial score (nSPS) is 15.4. The number of ether oxygens (including phenoxy) is 3. The molecule has 2 aromatic carbocycles. The fraction of sp³-hybridized carbons (Fsp3) is 0.333. The van der Waals surface area contributed by atoms with Crippen molar-refractivity contribution in [3.05, 3.63) is 53.6 Å². The quantitative estimate of drug-likeness (QED) is 0.565. The fourth-order valence-electron chi connectivity index (χ4n) is 4.40. The summed E-state index contributed by atoms with van der Waals surface area (Å²) in [7, 11) is 3.34. The van der Waals surface area contributed by atoms with Crippen molar-refractivity contribution in [3.8, 4) is 11.5 Å². The molecule has 10 nitrogen and oxygen atoms in total. The van der Waals surface area contributed by atoms with Gasteiger partial charge in [0.2, 0.25) is 5.95 Å². The highest BCUT2D eigenvalue weighted by Gasteiger charge is 2.33. The topological polar surface area (TPSA) is 115 Å². The molecule has 1 fully saturated rings. The van der Waals surface area contributed by atoms with Gasteiger partial charge in [-0.3, -0.25) is 10.0 Å². The molecule has 3 aromatic rings. The van der Waals surface area contributed by atoms with Crippen LogP contribution < -0.4 is 35.9 Å². The Balaban J connectivity index is 1.52. The summed E-state index contributed by atoms with van der Waals surface area (Å²) in [5, 5.41) is 4.18. The van der Waals surface area contributed by atoms with Crippen LogP contribution in [-0.2, 0) is 17.8 Å². The maximum Gasteiger partial charge on any atom is 0.224 e. The van der Waals surface area contributed by atoms with E-state index in [4.69, 9.17) is 25.7 Å². The van der Waals surface area contributed by atoms with Crippen molar-refractivity contribution in [1.82, 2.24) is 9.97 Å². The summed E-state index contributed by atoms with van der Waals surface area (Å²) in [4.78, 5) is 11.0. The van der Waals surface area contributed by atoms with Crippen LogP contribution >= 0.6 is 0 Å². The number of nitrogens with zero attached hydrogens (tertiary/aromatic N) is 5. The number of fused-ring (bicyclic) bond motifs is 1. The number of rotatable bonds is 6. The van der Waals surface area contributed by atoms with E-state index >= 15 is 0 Å². The van der Waals surface area contributed by atoms with E-state index in [0.29, 0.717) is 24.7 Å². The van der Waals surface area contributed by atoms with Crippen LogP contribution in [0.25, 0.3) is 0 Å². The van der Waals surface area contributed by atoms with Crippen molar-refractivity contribution in [2.75, 3.05) is 66.9 Å². The summed E-state index contributed by atoms with van der Waals surface area (Å²) in [5.41, 5.74) is 16.1. The molecular weight excluding hydrogens is 434 g/mol. The molecule has 0 saturated carbocycles. The van der Waals surface area contributed by atoms with Gasteiger partial charge in [-0.25, -0.2) is 0 Å². The Morgan fingerprint density at radius 1 is 0.971 bits per heavy atom. The fourth-order valence-corrected chi connectivity index (χ4v) is 4.40. The Kier molecular flexibility index (Phi) is 5.89. The van der Waals surface area contributed by atoms with Gasteiger partial charge in [0.1, 0.15) is 17.3 Å². The minimum atomic E-state index is 0.146. The third kappa shape index (κ3) is 4.08. The van der Waals surface area contributed by atoms with Crippen LogP contribution in [-0.4, -0.2) is 50.5 Å². The standard InChI is InChI=1S/C24H29N7O3/c1-32-18-6-3-16(4-7-18)14-31-23-19(22(25)27-24(26)28-23)15-30(31)20-8-5-17(13-21(20)33-2)29-9-11-34-12-10-29/h3-8,13H,9-12,14-15H2,1-2H3,(H4,25,26,27,28). The molecule has 1 aromatic heterocycles. The van der Waals surface area contributed by atoms with Crippen LogP contribution in [0.1, 0.15) is 11.1 Å². The zero-order valence-corrected chi connectivity index (χ0v) is 19.4. The van der Waals surface area contributed by atoms with Crippen molar-refractivity contribution in [2.24, 2.45) is 0 Å². The number of morpholine rings is 1. The SMILES string of the molecule is COc1ccc(CN2c3nc(N)nc(N)c3CN2c2ccc(N3CCOCC3)cc2OC)cc1. The first-order valence-corrected chi connectivity index (χ1v) is 11.2. The Morgan fingerprint density at radius 2 is 1.74 bits per heavy atom. The van der Waals surface area contributed by atoms with E-state index in [-0.39, 0.29) is 5.95 Å². The van der Waals surface area contributed by atoms with Gasteiger partial charge < -0.3 is 30.6 Å². The molecule has 0 spiro atoms. The van der Waals surface area contributed by atoms with Crippen LogP contribution in [0, 0.1) is 0 Å². The summed E-state index contributed by atoms with van der Waals surface area (Å²) >= 11 is 0. The second kappa shape index (κ2) is 9.14. The van der Waals surface area contributed by atoms with E-state index in [0.717, 1.165) is 60.3 Å². The Bertz CT molecular complexity index is 1170. The molecule has 5 rings (SSSR count). The number of methoxy groups -OCH3 is 2. The van der Waals surface area contributed by atoms with Crippen molar-refractivity contribution in [3.63, 3.8) is 0 Å². The minimum Gasteiger partial charge on any atom is -0.497 e. The molecule has 0 bridgehead atoms. The lowest BCUT2D eigenvalue weighted by Crippen LogP contribution is -2.38. The Labute approximate surface area is 198 Å². The lowest BCUT2D eigenvalue weighted by Gasteiger charge is -2.33. The van der Waals surface area contributed by atoms with E-state index in [1.807, 2.05) is 24.3 Å². The third-order valence-electron chi connectivity index (χ3n) is 6.19. The smallest absolute Gasteiger partial charge is 0.224 e. The van der Waals surface area contributed by atoms with Gasteiger partial charge in [0, 0.05) is 24.8 Å². The van der Waals surface area contributed by atoms with Gasteiger partial charge in [0.05, 0.1) is 51.8 Å². The summed E-state index contributed by atoms with van der Waals surface area (Å²) < 4.78 is 16.6. The monoisotopic (exact) mass is 463 g/mol.